The number of likely N-dealkylation sites (tertiary alicyclic amines) is 1. The molecule has 0 bridgehead atoms. The van der Waals surface area contributed by atoms with Crippen LogP contribution in [-0.2, 0) is 6.54 Å². The Balaban J connectivity index is 0.00000300. The van der Waals surface area contributed by atoms with Gasteiger partial charge in [-0.25, -0.2) is 4.99 Å². The number of hydrogen-bond acceptors (Lipinski definition) is 6. The molecule has 1 saturated heterocycles. The highest BCUT2D eigenvalue weighted by Crippen LogP contribution is 2.26. The zero-order valence-corrected chi connectivity index (χ0v) is 16.5. The lowest BCUT2D eigenvalue weighted by atomic mass is 9.92. The molecule has 1 aliphatic rings. The van der Waals surface area contributed by atoms with E-state index < -0.39 is 37.2 Å². The van der Waals surface area contributed by atoms with Crippen LogP contribution in [0.5, 0.6) is 0 Å². The van der Waals surface area contributed by atoms with Crippen molar-refractivity contribution in [3.63, 3.8) is 0 Å². The number of β-amino-alcohol motifs (C(OH)–C–C–N with tert-alkyl or cyclic N) is 2. The largest absolute Gasteiger partial charge is 0.394 e. The van der Waals surface area contributed by atoms with Crippen molar-refractivity contribution < 1.29 is 25.5 Å². The van der Waals surface area contributed by atoms with E-state index >= 15 is 0 Å². The zero-order chi connectivity index (χ0) is 20.1. The van der Waals surface area contributed by atoms with Crippen molar-refractivity contribution in [1.82, 2.24) is 4.90 Å². The second-order valence-electron chi connectivity index (χ2n) is 6.81. The fourth-order valence-electron chi connectivity index (χ4n) is 3.17. The predicted octanol–water partition coefficient (Wildman–Crippen LogP) is 0.156. The van der Waals surface area contributed by atoms with Gasteiger partial charge in [0.25, 0.3) is 0 Å². The maximum absolute atomic E-state index is 10.3. The molecule has 0 unspecified atom stereocenters. The maximum atomic E-state index is 10.3. The van der Waals surface area contributed by atoms with Gasteiger partial charge in [0.05, 0.1) is 25.7 Å². The summed E-state index contributed by atoms with van der Waals surface area (Å²) in [6.07, 6.45) is -3.39. The van der Waals surface area contributed by atoms with Crippen LogP contribution in [0.3, 0.4) is 0 Å². The number of rotatable bonds is 4. The van der Waals surface area contributed by atoms with Gasteiger partial charge >= 0.3 is 0 Å². The number of aliphatic hydroxyl groups excluding tert-OH is 3. The molecular formula is C20H26ClN3O5. The second kappa shape index (κ2) is 10.0. The van der Waals surface area contributed by atoms with Gasteiger partial charge in [0.1, 0.15) is 12.2 Å². The number of para-hydroxylation sites is 1. The van der Waals surface area contributed by atoms with Crippen molar-refractivity contribution in [2.75, 3.05) is 18.5 Å². The lowest BCUT2D eigenvalue weighted by Crippen LogP contribution is -2.70. The summed E-state index contributed by atoms with van der Waals surface area (Å²) in [7, 11) is 0. The Morgan fingerprint density at radius 3 is 2.21 bits per heavy atom. The average Bonchev–Trinajstić information content (AvgIpc) is 2.70. The molecule has 0 amide bonds. The molecule has 29 heavy (non-hydrogen) atoms. The summed E-state index contributed by atoms with van der Waals surface area (Å²) in [5.74, 6) is -2.32. The quantitative estimate of drug-likeness (QED) is 0.235. The Bertz CT molecular complexity index is 791. The second-order valence-corrected chi connectivity index (χ2v) is 6.81. The van der Waals surface area contributed by atoms with Gasteiger partial charge in [0, 0.05) is 5.69 Å². The number of nitrogens with zero attached hydrogens (tertiary/aromatic N) is 2. The van der Waals surface area contributed by atoms with Gasteiger partial charge in [0.2, 0.25) is 5.79 Å². The number of anilines is 1. The minimum atomic E-state index is -2.56. The van der Waals surface area contributed by atoms with E-state index in [1.165, 1.54) is 4.90 Å². The molecule has 8 nitrogen and oxygen atoms in total. The van der Waals surface area contributed by atoms with E-state index in [1.807, 2.05) is 60.7 Å². The molecule has 0 aliphatic carbocycles. The topological polar surface area (TPSA) is 129 Å². The van der Waals surface area contributed by atoms with Crippen LogP contribution in [-0.4, -0.2) is 73.6 Å². The minimum absolute atomic E-state index is 0. The minimum Gasteiger partial charge on any atom is -0.394 e. The van der Waals surface area contributed by atoms with Gasteiger partial charge in [-0.3, -0.25) is 0 Å². The van der Waals surface area contributed by atoms with Crippen molar-refractivity contribution >= 4 is 24.1 Å². The lowest BCUT2D eigenvalue weighted by molar-refractivity contribution is -0.280. The number of benzene rings is 2. The van der Waals surface area contributed by atoms with Crippen LogP contribution in [0.25, 0.3) is 0 Å². The first-order chi connectivity index (χ1) is 13.4. The lowest BCUT2D eigenvalue weighted by Gasteiger charge is -2.47. The van der Waals surface area contributed by atoms with Crippen LogP contribution in [0.1, 0.15) is 5.56 Å². The van der Waals surface area contributed by atoms with Gasteiger partial charge in [-0.05, 0) is 17.7 Å². The molecule has 0 spiro atoms. The number of piperidine rings is 1. The summed E-state index contributed by atoms with van der Waals surface area (Å²) in [5.41, 5.74) is 1.64. The SMILES string of the molecule is Cl.OC[C@H]1[C@@H](O)[C@H](O)C(O)(O)CN1C(=NCc1ccccc1)Nc1ccccc1. The number of hydrogen-bond donors (Lipinski definition) is 6. The van der Waals surface area contributed by atoms with Gasteiger partial charge in [-0.2, -0.15) is 0 Å². The molecule has 1 fully saturated rings. The Morgan fingerprint density at radius 1 is 1.03 bits per heavy atom. The van der Waals surface area contributed by atoms with E-state index in [0.717, 1.165) is 5.56 Å². The van der Waals surface area contributed by atoms with Crippen molar-refractivity contribution in [2.24, 2.45) is 4.99 Å². The van der Waals surface area contributed by atoms with E-state index in [0.29, 0.717) is 12.2 Å². The molecule has 2 aromatic rings. The molecule has 0 aromatic heterocycles. The summed E-state index contributed by atoms with van der Waals surface area (Å²) in [4.78, 5) is 5.91. The molecule has 0 radical (unpaired) electrons. The third kappa shape index (κ3) is 5.45. The van der Waals surface area contributed by atoms with E-state index in [9.17, 15) is 25.5 Å². The van der Waals surface area contributed by atoms with Gasteiger partial charge in [-0.15, -0.1) is 12.4 Å². The first-order valence-electron chi connectivity index (χ1n) is 9.01. The van der Waals surface area contributed by atoms with Gasteiger partial charge in [0.15, 0.2) is 5.96 Å². The van der Waals surface area contributed by atoms with Crippen LogP contribution in [0.2, 0.25) is 0 Å². The van der Waals surface area contributed by atoms with E-state index in [1.54, 1.807) is 0 Å². The summed E-state index contributed by atoms with van der Waals surface area (Å²) in [6.45, 7) is -0.647. The summed E-state index contributed by atoms with van der Waals surface area (Å²) in [5, 5.41) is 53.4. The first-order valence-corrected chi connectivity index (χ1v) is 9.01. The molecule has 9 heteroatoms. The standard InChI is InChI=1S/C20H25N3O5.ClH/c24-12-16-17(25)18(26)20(27,28)13-23(16)19(22-15-9-5-2-6-10-15)21-11-14-7-3-1-4-8-14;/h1-10,16-18,24-28H,11-13H2,(H,21,22);1H/t16-,17+,18-;/m0./s1. The molecule has 3 rings (SSSR count). The van der Waals surface area contributed by atoms with Gasteiger partial charge in [-0.1, -0.05) is 48.5 Å². The molecule has 2 aromatic carbocycles. The van der Waals surface area contributed by atoms with E-state index in [-0.39, 0.29) is 18.4 Å². The molecule has 158 valence electrons. The Labute approximate surface area is 175 Å². The van der Waals surface area contributed by atoms with E-state index in [2.05, 4.69) is 10.3 Å². The van der Waals surface area contributed by atoms with Crippen LogP contribution >= 0.6 is 12.4 Å². The van der Waals surface area contributed by atoms with Gasteiger partial charge < -0.3 is 35.7 Å². The number of guanidine groups is 1. The molecule has 3 atom stereocenters. The monoisotopic (exact) mass is 423 g/mol. The Morgan fingerprint density at radius 2 is 1.62 bits per heavy atom. The summed E-state index contributed by atoms with van der Waals surface area (Å²) < 4.78 is 0. The fourth-order valence-corrected chi connectivity index (χ4v) is 3.17. The van der Waals surface area contributed by atoms with Crippen LogP contribution in [0.15, 0.2) is 65.7 Å². The number of aliphatic imine (C=N–C) groups is 1. The predicted molar refractivity (Wildman–Crippen MR) is 112 cm³/mol. The van der Waals surface area contributed by atoms with Crippen molar-refractivity contribution in [2.45, 2.75) is 30.6 Å². The van der Waals surface area contributed by atoms with E-state index in [4.69, 9.17) is 0 Å². The molecule has 1 aliphatic heterocycles. The highest BCUT2D eigenvalue weighted by Gasteiger charge is 2.50. The number of halogens is 1. The summed E-state index contributed by atoms with van der Waals surface area (Å²) in [6, 6.07) is 17.7. The number of nitrogens with one attached hydrogen (secondary N) is 1. The maximum Gasteiger partial charge on any atom is 0.210 e. The average molecular weight is 424 g/mol. The third-order valence-corrected chi connectivity index (χ3v) is 4.74. The highest BCUT2D eigenvalue weighted by molar-refractivity contribution is 5.94. The molecule has 6 N–H and O–H groups in total. The number of aliphatic hydroxyl groups is 5. The zero-order valence-electron chi connectivity index (χ0n) is 15.7. The Kier molecular flexibility index (Phi) is 7.97. The van der Waals surface area contributed by atoms with Crippen molar-refractivity contribution in [1.29, 1.82) is 0 Å². The third-order valence-electron chi connectivity index (χ3n) is 4.74. The van der Waals surface area contributed by atoms with Crippen molar-refractivity contribution in [3.05, 3.63) is 66.2 Å². The molecule has 0 saturated carbocycles. The van der Waals surface area contributed by atoms with Crippen LogP contribution in [0, 0.1) is 0 Å². The molecule has 1 heterocycles. The van der Waals surface area contributed by atoms with Crippen LogP contribution in [0.4, 0.5) is 5.69 Å². The fraction of sp³-hybridized carbons (Fsp3) is 0.350. The van der Waals surface area contributed by atoms with Crippen LogP contribution < -0.4 is 5.32 Å². The molecular weight excluding hydrogens is 398 g/mol. The highest BCUT2D eigenvalue weighted by atomic mass is 35.5. The summed E-state index contributed by atoms with van der Waals surface area (Å²) >= 11 is 0. The normalized spacial score (nSPS) is 24.0. The smallest absolute Gasteiger partial charge is 0.210 e. The van der Waals surface area contributed by atoms with Crippen molar-refractivity contribution in [3.8, 4) is 0 Å². The first kappa shape index (κ1) is 23.1. The Hall–Kier alpha value is -2.20.